The Morgan fingerprint density at radius 3 is 2.53 bits per heavy atom. The molecular weight excluding hydrogens is 311 g/mol. The summed E-state index contributed by atoms with van der Waals surface area (Å²) in [6.07, 6.45) is 2.57. The van der Waals surface area contributed by atoms with Crippen LogP contribution in [0.15, 0.2) is 22.7 Å². The fraction of sp³-hybridized carbons (Fsp3) is 0.500. The van der Waals surface area contributed by atoms with E-state index in [-0.39, 0.29) is 11.5 Å². The lowest BCUT2D eigenvalue weighted by atomic mass is 10.1. The minimum absolute atomic E-state index is 0.161. The van der Waals surface area contributed by atoms with Crippen LogP contribution in [0.1, 0.15) is 23.2 Å². The Kier molecular flexibility index (Phi) is 3.58. The number of rotatable bonds is 2. The summed E-state index contributed by atoms with van der Waals surface area (Å²) in [4.78, 5) is 16.5. The highest BCUT2D eigenvalue weighted by atomic mass is 79.9. The van der Waals surface area contributed by atoms with E-state index in [0.717, 1.165) is 23.6 Å². The molecule has 102 valence electrons. The van der Waals surface area contributed by atoms with Crippen LogP contribution < -0.4 is 0 Å². The van der Waals surface area contributed by atoms with Gasteiger partial charge in [-0.25, -0.2) is 4.39 Å². The summed E-state index contributed by atoms with van der Waals surface area (Å²) in [6, 6.07) is 5.24. The number of piperazine rings is 1. The lowest BCUT2D eigenvalue weighted by molar-refractivity contribution is 0.0622. The second-order valence-electron chi connectivity index (χ2n) is 5.18. The van der Waals surface area contributed by atoms with Gasteiger partial charge in [-0.15, -0.1) is 0 Å². The first-order chi connectivity index (χ1) is 9.15. The third-order valence-electron chi connectivity index (χ3n) is 3.82. The summed E-state index contributed by atoms with van der Waals surface area (Å²) in [5.41, 5.74) is 0.161. The maximum absolute atomic E-state index is 13.7. The van der Waals surface area contributed by atoms with Crippen LogP contribution in [0.25, 0.3) is 0 Å². The summed E-state index contributed by atoms with van der Waals surface area (Å²) >= 11 is 3.28. The lowest BCUT2D eigenvalue weighted by Crippen LogP contribution is -2.49. The summed E-state index contributed by atoms with van der Waals surface area (Å²) < 4.78 is 14.4. The van der Waals surface area contributed by atoms with Crippen molar-refractivity contribution in [2.45, 2.75) is 18.9 Å². The highest BCUT2D eigenvalue weighted by Gasteiger charge is 2.32. The zero-order valence-corrected chi connectivity index (χ0v) is 12.2. The molecule has 1 saturated carbocycles. The number of hydrogen-bond acceptors (Lipinski definition) is 2. The van der Waals surface area contributed by atoms with Crippen molar-refractivity contribution >= 4 is 21.8 Å². The molecule has 1 heterocycles. The lowest BCUT2D eigenvalue weighted by Gasteiger charge is -2.34. The van der Waals surface area contributed by atoms with E-state index >= 15 is 0 Å². The Bertz CT molecular complexity index is 496. The van der Waals surface area contributed by atoms with E-state index in [1.54, 1.807) is 17.0 Å². The third kappa shape index (κ3) is 2.82. The molecule has 1 aliphatic carbocycles. The molecule has 3 rings (SSSR count). The van der Waals surface area contributed by atoms with Crippen LogP contribution in [-0.4, -0.2) is 47.9 Å². The maximum Gasteiger partial charge on any atom is 0.256 e. The van der Waals surface area contributed by atoms with Crippen molar-refractivity contribution in [1.29, 1.82) is 0 Å². The molecule has 19 heavy (non-hydrogen) atoms. The molecule has 1 saturated heterocycles. The standard InChI is InChI=1S/C14H16BrFN2O/c15-10-1-4-13(16)12(9-10)14(19)18-7-5-17(6-8-18)11-2-3-11/h1,4,9,11H,2-3,5-8H2. The number of carbonyl (C=O) groups is 1. The van der Waals surface area contributed by atoms with Gasteiger partial charge in [-0.1, -0.05) is 15.9 Å². The zero-order chi connectivity index (χ0) is 13.4. The molecule has 0 N–H and O–H groups in total. The van der Waals surface area contributed by atoms with Crippen molar-refractivity contribution < 1.29 is 9.18 Å². The Labute approximate surface area is 120 Å². The monoisotopic (exact) mass is 326 g/mol. The Balaban J connectivity index is 1.68. The first kappa shape index (κ1) is 13.1. The number of amides is 1. The van der Waals surface area contributed by atoms with Gasteiger partial charge in [0.15, 0.2) is 0 Å². The molecule has 0 unspecified atom stereocenters. The molecule has 1 aliphatic heterocycles. The van der Waals surface area contributed by atoms with Crippen molar-refractivity contribution in [3.63, 3.8) is 0 Å². The molecule has 5 heteroatoms. The van der Waals surface area contributed by atoms with Crippen LogP contribution >= 0.6 is 15.9 Å². The highest BCUT2D eigenvalue weighted by molar-refractivity contribution is 9.10. The Morgan fingerprint density at radius 1 is 1.21 bits per heavy atom. The zero-order valence-electron chi connectivity index (χ0n) is 10.6. The first-order valence-corrected chi connectivity index (χ1v) is 7.43. The van der Waals surface area contributed by atoms with Gasteiger partial charge in [0.25, 0.3) is 5.91 Å². The summed E-state index contributed by atoms with van der Waals surface area (Å²) in [7, 11) is 0. The average molecular weight is 327 g/mol. The van der Waals surface area contributed by atoms with Gasteiger partial charge in [-0.3, -0.25) is 9.69 Å². The number of hydrogen-bond donors (Lipinski definition) is 0. The number of halogens is 2. The van der Waals surface area contributed by atoms with Crippen LogP contribution in [0.3, 0.4) is 0 Å². The van der Waals surface area contributed by atoms with Crippen LogP contribution in [0.5, 0.6) is 0 Å². The Hall–Kier alpha value is -0.940. The maximum atomic E-state index is 13.7. The fourth-order valence-corrected chi connectivity index (χ4v) is 2.92. The number of nitrogens with zero attached hydrogens (tertiary/aromatic N) is 2. The predicted octanol–water partition coefficient (Wildman–Crippen LogP) is 2.51. The van der Waals surface area contributed by atoms with Crippen molar-refractivity contribution in [2.75, 3.05) is 26.2 Å². The molecule has 2 fully saturated rings. The summed E-state index contributed by atoms with van der Waals surface area (Å²) in [5, 5.41) is 0. The van der Waals surface area contributed by atoms with Crippen molar-refractivity contribution in [1.82, 2.24) is 9.80 Å². The van der Waals surface area contributed by atoms with E-state index < -0.39 is 5.82 Å². The van der Waals surface area contributed by atoms with E-state index in [1.165, 1.54) is 18.9 Å². The normalized spacial score (nSPS) is 20.6. The minimum Gasteiger partial charge on any atom is -0.336 e. The minimum atomic E-state index is -0.446. The second kappa shape index (κ2) is 5.21. The van der Waals surface area contributed by atoms with Gasteiger partial charge >= 0.3 is 0 Å². The smallest absolute Gasteiger partial charge is 0.256 e. The molecule has 0 aromatic heterocycles. The third-order valence-corrected chi connectivity index (χ3v) is 4.32. The molecule has 3 nitrogen and oxygen atoms in total. The van der Waals surface area contributed by atoms with E-state index in [1.807, 2.05) is 0 Å². The topological polar surface area (TPSA) is 23.6 Å². The molecule has 2 aliphatic rings. The van der Waals surface area contributed by atoms with Crippen LogP contribution in [0, 0.1) is 5.82 Å². The van der Waals surface area contributed by atoms with Gasteiger partial charge in [0, 0.05) is 36.7 Å². The van der Waals surface area contributed by atoms with Crippen molar-refractivity contribution in [3.05, 3.63) is 34.1 Å². The molecule has 0 radical (unpaired) electrons. The SMILES string of the molecule is O=C(c1cc(Br)ccc1F)N1CCN(C2CC2)CC1. The summed E-state index contributed by atoms with van der Waals surface area (Å²) in [5.74, 6) is -0.646. The average Bonchev–Trinajstić information content (AvgIpc) is 3.25. The van der Waals surface area contributed by atoms with Crippen LogP contribution in [0.4, 0.5) is 4.39 Å². The molecular formula is C14H16BrFN2O. The van der Waals surface area contributed by atoms with Gasteiger partial charge in [-0.05, 0) is 31.0 Å². The van der Waals surface area contributed by atoms with Gasteiger partial charge < -0.3 is 4.90 Å². The van der Waals surface area contributed by atoms with Crippen LogP contribution in [-0.2, 0) is 0 Å². The number of carbonyl (C=O) groups excluding carboxylic acids is 1. The van der Waals surface area contributed by atoms with E-state index in [2.05, 4.69) is 20.8 Å². The van der Waals surface area contributed by atoms with Gasteiger partial charge in [0.1, 0.15) is 5.82 Å². The van der Waals surface area contributed by atoms with E-state index in [0.29, 0.717) is 13.1 Å². The highest BCUT2D eigenvalue weighted by Crippen LogP contribution is 2.27. The first-order valence-electron chi connectivity index (χ1n) is 6.63. The largest absolute Gasteiger partial charge is 0.336 e. The molecule has 0 spiro atoms. The Morgan fingerprint density at radius 2 is 1.89 bits per heavy atom. The van der Waals surface area contributed by atoms with Crippen LogP contribution in [0.2, 0.25) is 0 Å². The van der Waals surface area contributed by atoms with Crippen molar-refractivity contribution in [3.8, 4) is 0 Å². The number of benzene rings is 1. The summed E-state index contributed by atoms with van der Waals surface area (Å²) in [6.45, 7) is 3.21. The van der Waals surface area contributed by atoms with Crippen molar-refractivity contribution in [2.24, 2.45) is 0 Å². The van der Waals surface area contributed by atoms with E-state index in [4.69, 9.17) is 0 Å². The molecule has 1 aromatic rings. The predicted molar refractivity (Wildman–Crippen MR) is 74.6 cm³/mol. The second-order valence-corrected chi connectivity index (χ2v) is 6.10. The molecule has 0 bridgehead atoms. The van der Waals surface area contributed by atoms with E-state index in [9.17, 15) is 9.18 Å². The molecule has 1 amide bonds. The van der Waals surface area contributed by atoms with Gasteiger partial charge in [0.2, 0.25) is 0 Å². The van der Waals surface area contributed by atoms with Gasteiger partial charge in [-0.2, -0.15) is 0 Å². The fourth-order valence-electron chi connectivity index (χ4n) is 2.56. The van der Waals surface area contributed by atoms with Gasteiger partial charge in [0.05, 0.1) is 5.56 Å². The quantitative estimate of drug-likeness (QED) is 0.833. The molecule has 0 atom stereocenters. The molecule has 1 aromatic carbocycles.